The van der Waals surface area contributed by atoms with Crippen molar-refractivity contribution >= 4 is 17.1 Å². The molecule has 0 aliphatic carbocycles. The molecular weight excluding hydrogens is 239 g/mol. The highest BCUT2D eigenvalue weighted by molar-refractivity contribution is 5.90. The first-order valence-electron chi connectivity index (χ1n) is 4.50. The van der Waals surface area contributed by atoms with E-state index in [1.807, 2.05) is 0 Å². The summed E-state index contributed by atoms with van der Waals surface area (Å²) in [6.45, 7) is 0. The van der Waals surface area contributed by atoms with Gasteiger partial charge in [-0.15, -0.1) is 0 Å². The number of fused-ring (bicyclic) bond motifs is 1. The molecule has 0 saturated carbocycles. The number of nitrogens with one attached hydrogen (secondary N) is 1. The molecule has 0 aromatic carbocycles. The number of carboxylic acids is 1. The van der Waals surface area contributed by atoms with Gasteiger partial charge in [-0.25, -0.2) is 14.8 Å². The fraction of sp³-hybridized carbons (Fsp3) is 0.222. The summed E-state index contributed by atoms with van der Waals surface area (Å²) >= 11 is 0. The first-order valence-corrected chi connectivity index (χ1v) is 4.50. The van der Waals surface area contributed by atoms with Crippen LogP contribution in [-0.4, -0.2) is 32.2 Å². The molecular formula is C9H6F3N3O2. The summed E-state index contributed by atoms with van der Waals surface area (Å²) in [4.78, 5) is 20.3. The van der Waals surface area contributed by atoms with Gasteiger partial charge in [0, 0.05) is 6.20 Å². The molecule has 0 unspecified atom stereocenters. The van der Waals surface area contributed by atoms with Crippen molar-refractivity contribution in [2.24, 2.45) is 0 Å². The monoisotopic (exact) mass is 245 g/mol. The lowest BCUT2D eigenvalue weighted by Crippen LogP contribution is -2.12. The van der Waals surface area contributed by atoms with Crippen molar-refractivity contribution in [1.29, 1.82) is 0 Å². The quantitative estimate of drug-likeness (QED) is 0.844. The number of aromatic nitrogens is 3. The molecule has 0 saturated heterocycles. The fourth-order valence-corrected chi connectivity index (χ4v) is 1.34. The Bertz CT molecular complexity index is 576. The van der Waals surface area contributed by atoms with E-state index in [-0.39, 0.29) is 22.6 Å². The number of aromatic carboxylic acids is 1. The third-order valence-corrected chi connectivity index (χ3v) is 2.00. The predicted octanol–water partition coefficient (Wildman–Crippen LogP) is 1.76. The van der Waals surface area contributed by atoms with E-state index in [1.165, 1.54) is 6.07 Å². The number of pyridine rings is 1. The maximum atomic E-state index is 12.1. The molecule has 0 fully saturated rings. The van der Waals surface area contributed by atoms with Crippen molar-refractivity contribution in [3.63, 3.8) is 0 Å². The summed E-state index contributed by atoms with van der Waals surface area (Å²) in [7, 11) is 0. The maximum absolute atomic E-state index is 12.1. The van der Waals surface area contributed by atoms with Gasteiger partial charge in [0.15, 0.2) is 5.65 Å². The molecule has 0 amide bonds. The number of carboxylic acid groups (broad SMARTS) is 1. The summed E-state index contributed by atoms with van der Waals surface area (Å²) < 4.78 is 36.3. The van der Waals surface area contributed by atoms with E-state index in [9.17, 15) is 18.0 Å². The van der Waals surface area contributed by atoms with Gasteiger partial charge in [0.25, 0.3) is 0 Å². The number of halogens is 3. The van der Waals surface area contributed by atoms with Crippen LogP contribution in [0.2, 0.25) is 0 Å². The van der Waals surface area contributed by atoms with Crippen molar-refractivity contribution in [3.05, 3.63) is 23.7 Å². The Kier molecular flexibility index (Phi) is 2.49. The summed E-state index contributed by atoms with van der Waals surface area (Å²) in [6, 6.07) is 1.19. The van der Waals surface area contributed by atoms with E-state index in [2.05, 4.69) is 15.0 Å². The lowest BCUT2D eigenvalue weighted by atomic mass is 10.3. The van der Waals surface area contributed by atoms with E-state index >= 15 is 0 Å². The average molecular weight is 245 g/mol. The van der Waals surface area contributed by atoms with Crippen LogP contribution in [0.4, 0.5) is 13.2 Å². The van der Waals surface area contributed by atoms with Crippen LogP contribution >= 0.6 is 0 Å². The SMILES string of the molecule is O=C(O)c1cnc2nc(CC(F)(F)F)[nH]c2c1. The zero-order valence-corrected chi connectivity index (χ0v) is 8.25. The van der Waals surface area contributed by atoms with Gasteiger partial charge in [0.1, 0.15) is 12.2 Å². The third kappa shape index (κ3) is 2.52. The van der Waals surface area contributed by atoms with Crippen LogP contribution in [0.15, 0.2) is 12.3 Å². The number of hydrogen-bond acceptors (Lipinski definition) is 3. The minimum Gasteiger partial charge on any atom is -0.478 e. The highest BCUT2D eigenvalue weighted by Crippen LogP contribution is 2.21. The number of aromatic amines is 1. The van der Waals surface area contributed by atoms with Gasteiger partial charge in [0.05, 0.1) is 11.1 Å². The molecule has 2 aromatic heterocycles. The van der Waals surface area contributed by atoms with E-state index < -0.39 is 18.6 Å². The number of nitrogens with zero attached hydrogens (tertiary/aromatic N) is 2. The smallest absolute Gasteiger partial charge is 0.396 e. The molecule has 90 valence electrons. The second-order valence-corrected chi connectivity index (χ2v) is 3.38. The van der Waals surface area contributed by atoms with Crippen LogP contribution in [-0.2, 0) is 6.42 Å². The van der Waals surface area contributed by atoms with E-state index in [1.54, 1.807) is 0 Å². The second kappa shape index (κ2) is 3.72. The Morgan fingerprint density at radius 2 is 2.18 bits per heavy atom. The van der Waals surface area contributed by atoms with Gasteiger partial charge >= 0.3 is 12.1 Å². The molecule has 0 aliphatic rings. The number of hydrogen-bond donors (Lipinski definition) is 2. The number of rotatable bonds is 2. The lowest BCUT2D eigenvalue weighted by molar-refractivity contribution is -0.128. The van der Waals surface area contributed by atoms with Crippen molar-refractivity contribution in [1.82, 2.24) is 15.0 Å². The van der Waals surface area contributed by atoms with Crippen LogP contribution in [0.3, 0.4) is 0 Å². The van der Waals surface area contributed by atoms with Crippen LogP contribution in [0, 0.1) is 0 Å². The van der Waals surface area contributed by atoms with E-state index in [0.29, 0.717) is 0 Å². The molecule has 0 aliphatic heterocycles. The molecule has 0 bridgehead atoms. The van der Waals surface area contributed by atoms with E-state index in [4.69, 9.17) is 5.11 Å². The topological polar surface area (TPSA) is 78.9 Å². The Hall–Kier alpha value is -2.12. The summed E-state index contributed by atoms with van der Waals surface area (Å²) in [6.07, 6.45) is -4.53. The number of imidazole rings is 1. The van der Waals surface area contributed by atoms with E-state index in [0.717, 1.165) is 6.20 Å². The molecule has 8 heteroatoms. The third-order valence-electron chi connectivity index (χ3n) is 2.00. The number of H-pyrrole nitrogens is 1. The van der Waals surface area contributed by atoms with Gasteiger partial charge in [0.2, 0.25) is 0 Å². The Balaban J connectivity index is 2.40. The minimum absolute atomic E-state index is 0.0641. The Morgan fingerprint density at radius 3 is 2.76 bits per heavy atom. The molecule has 5 nitrogen and oxygen atoms in total. The molecule has 2 heterocycles. The first-order chi connectivity index (χ1) is 7.85. The first kappa shape index (κ1) is 11.4. The van der Waals surface area contributed by atoms with Crippen LogP contribution in [0.1, 0.15) is 16.2 Å². The van der Waals surface area contributed by atoms with Gasteiger partial charge in [-0.05, 0) is 6.07 Å². The normalized spacial score (nSPS) is 11.9. The van der Waals surface area contributed by atoms with Crippen LogP contribution < -0.4 is 0 Å². The Morgan fingerprint density at radius 1 is 1.47 bits per heavy atom. The summed E-state index contributed by atoms with van der Waals surface area (Å²) in [5.41, 5.74) is 0.123. The maximum Gasteiger partial charge on any atom is 0.396 e. The average Bonchev–Trinajstić information content (AvgIpc) is 2.54. The molecule has 2 rings (SSSR count). The molecule has 2 N–H and O–H groups in total. The van der Waals surface area contributed by atoms with Gasteiger partial charge in [-0.2, -0.15) is 13.2 Å². The molecule has 0 spiro atoms. The summed E-state index contributed by atoms with van der Waals surface area (Å²) in [5, 5.41) is 8.68. The van der Waals surface area contributed by atoms with Crippen LogP contribution in [0.25, 0.3) is 11.2 Å². The second-order valence-electron chi connectivity index (χ2n) is 3.38. The van der Waals surface area contributed by atoms with Gasteiger partial charge in [-0.3, -0.25) is 0 Å². The standard InChI is InChI=1S/C9H6F3N3O2/c10-9(11,12)2-6-14-5-1-4(8(16)17)3-13-7(5)15-6/h1,3H,2H2,(H,16,17)(H,13,14,15). The highest BCUT2D eigenvalue weighted by Gasteiger charge is 2.29. The lowest BCUT2D eigenvalue weighted by Gasteiger charge is -2.01. The minimum atomic E-state index is -4.37. The summed E-state index contributed by atoms with van der Waals surface area (Å²) in [5.74, 6) is -1.49. The Labute approximate surface area is 92.3 Å². The van der Waals surface area contributed by atoms with Crippen molar-refractivity contribution in [2.75, 3.05) is 0 Å². The zero-order valence-electron chi connectivity index (χ0n) is 8.25. The van der Waals surface area contributed by atoms with Crippen molar-refractivity contribution in [2.45, 2.75) is 12.6 Å². The van der Waals surface area contributed by atoms with Gasteiger partial charge < -0.3 is 10.1 Å². The number of carbonyl (C=O) groups is 1. The molecule has 0 radical (unpaired) electrons. The molecule has 17 heavy (non-hydrogen) atoms. The predicted molar refractivity (Wildman–Crippen MR) is 50.6 cm³/mol. The largest absolute Gasteiger partial charge is 0.478 e. The fourth-order valence-electron chi connectivity index (χ4n) is 1.34. The number of alkyl halides is 3. The highest BCUT2D eigenvalue weighted by atomic mass is 19.4. The zero-order chi connectivity index (χ0) is 12.6. The molecule has 0 atom stereocenters. The van der Waals surface area contributed by atoms with Gasteiger partial charge in [-0.1, -0.05) is 0 Å². The molecule has 2 aromatic rings. The van der Waals surface area contributed by atoms with Crippen LogP contribution in [0.5, 0.6) is 0 Å². The van der Waals surface area contributed by atoms with Crippen molar-refractivity contribution < 1.29 is 23.1 Å². The van der Waals surface area contributed by atoms with Crippen molar-refractivity contribution in [3.8, 4) is 0 Å².